The zero-order valence-corrected chi connectivity index (χ0v) is 18.1. The molecule has 164 valence electrons. The highest BCUT2D eigenvalue weighted by molar-refractivity contribution is 6.06. The zero-order chi connectivity index (χ0) is 21.3. The maximum atomic E-state index is 12.9. The van der Waals surface area contributed by atoms with E-state index in [-0.39, 0.29) is 18.7 Å². The van der Waals surface area contributed by atoms with Gasteiger partial charge < -0.3 is 14.8 Å². The van der Waals surface area contributed by atoms with E-state index in [1.165, 1.54) is 10.5 Å². The number of hydrogen-bond donors (Lipinski definition) is 1. The molecule has 1 aromatic carbocycles. The highest BCUT2D eigenvalue weighted by Crippen LogP contribution is 2.33. The molecule has 8 nitrogen and oxygen atoms in total. The molecule has 4 rings (SSSR count). The van der Waals surface area contributed by atoms with E-state index in [1.807, 2.05) is 19.1 Å². The van der Waals surface area contributed by atoms with Gasteiger partial charge in [-0.2, -0.15) is 0 Å². The lowest BCUT2D eigenvalue weighted by atomic mass is 9.92. The summed E-state index contributed by atoms with van der Waals surface area (Å²) in [6, 6.07) is 5.81. The van der Waals surface area contributed by atoms with Crippen molar-refractivity contribution in [3.8, 4) is 11.5 Å². The second-order valence-corrected chi connectivity index (χ2v) is 9.15. The monoisotopic (exact) mass is 416 g/mol. The lowest BCUT2D eigenvalue weighted by Crippen LogP contribution is -2.51. The second-order valence-electron chi connectivity index (χ2n) is 9.15. The van der Waals surface area contributed by atoms with Crippen molar-refractivity contribution in [2.45, 2.75) is 45.7 Å². The molecule has 2 saturated heterocycles. The summed E-state index contributed by atoms with van der Waals surface area (Å²) in [7, 11) is 0. The van der Waals surface area contributed by atoms with Gasteiger partial charge in [0.1, 0.15) is 5.54 Å². The molecule has 3 aliphatic rings. The van der Waals surface area contributed by atoms with Gasteiger partial charge in [-0.25, -0.2) is 9.69 Å². The van der Waals surface area contributed by atoms with Crippen LogP contribution in [0.4, 0.5) is 4.79 Å². The first kappa shape index (κ1) is 20.9. The summed E-state index contributed by atoms with van der Waals surface area (Å²) in [5.74, 6) is 2.01. The van der Waals surface area contributed by atoms with Crippen LogP contribution in [0.1, 0.15) is 39.2 Å². The van der Waals surface area contributed by atoms with Gasteiger partial charge in [-0.1, -0.05) is 19.9 Å². The standard InChI is InChI=1S/C22H32N4O4/c1-16(2)6-7-22(3)20(27)26(21(28)23-22)14-25-10-8-24(9-11-25)13-17-4-5-18-19(12-17)30-15-29-18/h4-5,12,16H,6-11,13-15H2,1-3H3,(H,23,28)/t22-/m1/s1. The first-order valence-corrected chi connectivity index (χ1v) is 10.8. The molecule has 8 heteroatoms. The summed E-state index contributed by atoms with van der Waals surface area (Å²) in [4.78, 5) is 31.3. The third-order valence-corrected chi connectivity index (χ3v) is 6.22. The fourth-order valence-electron chi connectivity index (χ4n) is 4.21. The summed E-state index contributed by atoms with van der Waals surface area (Å²) < 4.78 is 10.8. The summed E-state index contributed by atoms with van der Waals surface area (Å²) in [6.07, 6.45) is 1.59. The minimum absolute atomic E-state index is 0.101. The number of imide groups is 1. The molecule has 3 aliphatic heterocycles. The van der Waals surface area contributed by atoms with Crippen molar-refractivity contribution in [3.63, 3.8) is 0 Å². The number of amides is 3. The van der Waals surface area contributed by atoms with Crippen LogP contribution in [-0.2, 0) is 11.3 Å². The Morgan fingerprint density at radius 2 is 1.77 bits per heavy atom. The minimum Gasteiger partial charge on any atom is -0.454 e. The van der Waals surface area contributed by atoms with Crippen molar-refractivity contribution in [2.24, 2.45) is 5.92 Å². The van der Waals surface area contributed by atoms with Crippen molar-refractivity contribution in [2.75, 3.05) is 39.6 Å². The van der Waals surface area contributed by atoms with Gasteiger partial charge in [0.15, 0.2) is 11.5 Å². The van der Waals surface area contributed by atoms with E-state index in [4.69, 9.17) is 9.47 Å². The molecule has 0 aliphatic carbocycles. The fraction of sp³-hybridized carbons (Fsp3) is 0.636. The van der Waals surface area contributed by atoms with Gasteiger partial charge in [0.05, 0.1) is 6.67 Å². The normalized spacial score (nSPS) is 24.7. The predicted molar refractivity (Wildman–Crippen MR) is 112 cm³/mol. The van der Waals surface area contributed by atoms with Crippen molar-refractivity contribution in [3.05, 3.63) is 23.8 Å². The molecule has 1 N–H and O–H groups in total. The van der Waals surface area contributed by atoms with E-state index in [1.54, 1.807) is 0 Å². The number of nitrogens with zero attached hydrogens (tertiary/aromatic N) is 3. The summed E-state index contributed by atoms with van der Waals surface area (Å²) in [5.41, 5.74) is 0.422. The Morgan fingerprint density at radius 3 is 2.50 bits per heavy atom. The average Bonchev–Trinajstić information content (AvgIpc) is 3.26. The van der Waals surface area contributed by atoms with Crippen LogP contribution < -0.4 is 14.8 Å². The number of hydrogen-bond acceptors (Lipinski definition) is 6. The van der Waals surface area contributed by atoms with Gasteiger partial charge in [0.25, 0.3) is 5.91 Å². The minimum atomic E-state index is -0.775. The highest BCUT2D eigenvalue weighted by atomic mass is 16.7. The molecule has 2 fully saturated rings. The van der Waals surface area contributed by atoms with E-state index >= 15 is 0 Å². The molecule has 0 unspecified atom stereocenters. The van der Waals surface area contributed by atoms with Gasteiger partial charge in [-0.15, -0.1) is 0 Å². The van der Waals surface area contributed by atoms with E-state index < -0.39 is 5.54 Å². The first-order chi connectivity index (χ1) is 14.3. The molecular weight excluding hydrogens is 384 g/mol. The number of benzene rings is 1. The zero-order valence-electron chi connectivity index (χ0n) is 18.1. The summed E-state index contributed by atoms with van der Waals surface area (Å²) in [6.45, 7) is 11.0. The first-order valence-electron chi connectivity index (χ1n) is 10.8. The molecule has 0 spiro atoms. The van der Waals surface area contributed by atoms with Gasteiger partial charge in [0.2, 0.25) is 6.79 Å². The third-order valence-electron chi connectivity index (χ3n) is 6.22. The number of rotatable bonds is 7. The van der Waals surface area contributed by atoms with E-state index in [9.17, 15) is 9.59 Å². The van der Waals surface area contributed by atoms with Gasteiger partial charge in [0, 0.05) is 32.7 Å². The Kier molecular flexibility index (Phi) is 5.88. The molecule has 0 aromatic heterocycles. The van der Waals surface area contributed by atoms with E-state index in [0.717, 1.165) is 50.6 Å². The number of carbonyl (C=O) groups is 2. The maximum Gasteiger partial charge on any atom is 0.326 e. The Labute approximate surface area is 178 Å². The lowest BCUT2D eigenvalue weighted by molar-refractivity contribution is -0.132. The average molecular weight is 417 g/mol. The smallest absolute Gasteiger partial charge is 0.326 e. The highest BCUT2D eigenvalue weighted by Gasteiger charge is 2.47. The quantitative estimate of drug-likeness (QED) is 0.687. The SMILES string of the molecule is CC(C)CC[C@@]1(C)NC(=O)N(CN2CCN(Cc3ccc4c(c3)OCO4)CC2)C1=O. The molecular formula is C22H32N4O4. The molecule has 0 saturated carbocycles. The Bertz CT molecular complexity index is 806. The maximum absolute atomic E-state index is 12.9. The van der Waals surface area contributed by atoms with Crippen molar-refractivity contribution < 1.29 is 19.1 Å². The lowest BCUT2D eigenvalue weighted by Gasteiger charge is -2.36. The third kappa shape index (κ3) is 4.39. The van der Waals surface area contributed by atoms with Crippen molar-refractivity contribution in [1.82, 2.24) is 20.0 Å². The number of piperazine rings is 1. The summed E-state index contributed by atoms with van der Waals surface area (Å²) in [5, 5.41) is 2.92. The molecule has 0 bridgehead atoms. The van der Waals surface area contributed by atoms with Gasteiger partial charge >= 0.3 is 6.03 Å². The van der Waals surface area contributed by atoms with Crippen LogP contribution in [0.2, 0.25) is 0 Å². The van der Waals surface area contributed by atoms with Crippen LogP contribution in [0.5, 0.6) is 11.5 Å². The van der Waals surface area contributed by atoms with Crippen molar-refractivity contribution in [1.29, 1.82) is 0 Å². The van der Waals surface area contributed by atoms with E-state index in [2.05, 4.69) is 35.0 Å². The largest absolute Gasteiger partial charge is 0.454 e. The number of nitrogens with one attached hydrogen (secondary N) is 1. The van der Waals surface area contributed by atoms with Crippen LogP contribution in [0.3, 0.4) is 0 Å². The summed E-state index contributed by atoms with van der Waals surface area (Å²) >= 11 is 0. The molecule has 1 atom stereocenters. The van der Waals surface area contributed by atoms with Gasteiger partial charge in [-0.05, 0) is 43.4 Å². The Hall–Kier alpha value is -2.32. The number of fused-ring (bicyclic) bond motifs is 1. The van der Waals surface area contributed by atoms with Crippen LogP contribution in [0.15, 0.2) is 18.2 Å². The number of urea groups is 1. The van der Waals surface area contributed by atoms with E-state index in [0.29, 0.717) is 19.0 Å². The molecule has 1 aromatic rings. The number of carbonyl (C=O) groups excluding carboxylic acids is 2. The molecule has 3 heterocycles. The predicted octanol–water partition coefficient (Wildman–Crippen LogP) is 2.24. The van der Waals surface area contributed by atoms with Crippen LogP contribution in [0.25, 0.3) is 0 Å². The Morgan fingerprint density at radius 1 is 1.07 bits per heavy atom. The second kappa shape index (κ2) is 8.43. The number of ether oxygens (including phenoxy) is 2. The van der Waals surface area contributed by atoms with Crippen LogP contribution in [0, 0.1) is 5.92 Å². The Balaban J connectivity index is 1.27. The topological polar surface area (TPSA) is 74.4 Å². The van der Waals surface area contributed by atoms with Crippen molar-refractivity contribution >= 4 is 11.9 Å². The van der Waals surface area contributed by atoms with Crippen LogP contribution in [-0.4, -0.2) is 71.8 Å². The fourth-order valence-corrected chi connectivity index (χ4v) is 4.21. The van der Waals surface area contributed by atoms with Crippen LogP contribution >= 0.6 is 0 Å². The molecule has 3 amide bonds. The van der Waals surface area contributed by atoms with Gasteiger partial charge in [-0.3, -0.25) is 14.6 Å². The molecule has 0 radical (unpaired) electrons. The molecule has 30 heavy (non-hydrogen) atoms.